The molecule has 0 fully saturated rings. The van der Waals surface area contributed by atoms with Crippen LogP contribution in [-0.4, -0.2) is 40.8 Å². The van der Waals surface area contributed by atoms with Crippen LogP contribution in [0.3, 0.4) is 0 Å². The van der Waals surface area contributed by atoms with E-state index in [1.807, 2.05) is 13.8 Å². The van der Waals surface area contributed by atoms with Gasteiger partial charge in [0, 0.05) is 26.2 Å². The van der Waals surface area contributed by atoms with Gasteiger partial charge in [0.2, 0.25) is 0 Å². The van der Waals surface area contributed by atoms with E-state index in [9.17, 15) is 14.4 Å². The normalized spacial score (nSPS) is 11.1. The van der Waals surface area contributed by atoms with Gasteiger partial charge >= 0.3 is 5.69 Å². The summed E-state index contributed by atoms with van der Waals surface area (Å²) in [5.74, 6) is 0.530. The fourth-order valence-electron chi connectivity index (χ4n) is 3.50. The summed E-state index contributed by atoms with van der Waals surface area (Å²) in [6.07, 6.45) is 0. The maximum atomic E-state index is 13.2. The second-order valence-corrected chi connectivity index (χ2v) is 7.83. The highest BCUT2D eigenvalue weighted by Gasteiger charge is 2.26. The van der Waals surface area contributed by atoms with Crippen molar-refractivity contribution in [2.45, 2.75) is 13.8 Å². The highest BCUT2D eigenvalue weighted by atomic mass is 16.5. The molecule has 1 aromatic carbocycles. The number of nitrogen functional groups attached to an aromatic ring is 1. The molecule has 0 aliphatic rings. The molecule has 0 aliphatic carbocycles. The number of ether oxygens (including phenoxy) is 2. The second-order valence-electron chi connectivity index (χ2n) is 7.83. The molecule has 10 heteroatoms. The number of aromatic nitrogens is 3. The van der Waals surface area contributed by atoms with Gasteiger partial charge in [-0.1, -0.05) is 19.9 Å². The molecule has 0 bridgehead atoms. The molecule has 0 aliphatic heterocycles. The van der Waals surface area contributed by atoms with Crippen molar-refractivity contribution in [1.29, 1.82) is 0 Å². The molecule has 2 heterocycles. The van der Waals surface area contributed by atoms with Crippen molar-refractivity contribution < 1.29 is 14.3 Å². The molecule has 0 saturated carbocycles. The summed E-state index contributed by atoms with van der Waals surface area (Å²) in [5.41, 5.74) is 5.98. The Balaban J connectivity index is 2.49. The fraction of sp³-hybridized carbons (Fsp3) is 0.364. The van der Waals surface area contributed by atoms with Crippen molar-refractivity contribution in [3.05, 3.63) is 44.6 Å². The highest BCUT2D eigenvalue weighted by Crippen LogP contribution is 2.37. The number of carbonyl (C=O) groups is 1. The van der Waals surface area contributed by atoms with E-state index >= 15 is 0 Å². The zero-order valence-corrected chi connectivity index (χ0v) is 19.0. The smallest absolute Gasteiger partial charge is 0.332 e. The van der Waals surface area contributed by atoms with Gasteiger partial charge in [-0.25, -0.2) is 9.78 Å². The first-order chi connectivity index (χ1) is 15.1. The molecular formula is C22H27N5O5. The number of benzene rings is 1. The van der Waals surface area contributed by atoms with E-state index in [0.717, 1.165) is 4.57 Å². The standard InChI is InChI=1S/C22H27N5O5/c1-11(2)10-24-20(28)16-15(12-7-8-13(31-5)14(9-12)32-6)17-19(25-18(16)23)26(3)22(30)27(4)21(17)29/h7-9,11H,10H2,1-6H3,(H2,23,25)(H,24,28). The Morgan fingerprint density at radius 3 is 2.38 bits per heavy atom. The number of carbonyl (C=O) groups excluding carboxylic acids is 1. The Kier molecular flexibility index (Phi) is 6.24. The van der Waals surface area contributed by atoms with Gasteiger partial charge in [0.05, 0.1) is 25.2 Å². The van der Waals surface area contributed by atoms with Crippen molar-refractivity contribution in [2.75, 3.05) is 26.5 Å². The van der Waals surface area contributed by atoms with Crippen molar-refractivity contribution in [1.82, 2.24) is 19.4 Å². The lowest BCUT2D eigenvalue weighted by molar-refractivity contribution is 0.0950. The lowest BCUT2D eigenvalue weighted by atomic mass is 9.96. The van der Waals surface area contributed by atoms with Gasteiger partial charge in [0.15, 0.2) is 17.1 Å². The first kappa shape index (κ1) is 22.9. The topological polar surface area (TPSA) is 130 Å². The lowest BCUT2D eigenvalue weighted by Crippen LogP contribution is -2.38. The molecule has 3 N–H and O–H groups in total. The number of nitrogens with two attached hydrogens (primary N) is 1. The largest absolute Gasteiger partial charge is 0.493 e. The Morgan fingerprint density at radius 1 is 1.12 bits per heavy atom. The minimum Gasteiger partial charge on any atom is -0.493 e. The number of amides is 1. The van der Waals surface area contributed by atoms with Crippen LogP contribution >= 0.6 is 0 Å². The van der Waals surface area contributed by atoms with Gasteiger partial charge in [-0.2, -0.15) is 0 Å². The number of hydrogen-bond donors (Lipinski definition) is 2. The quantitative estimate of drug-likeness (QED) is 0.589. The van der Waals surface area contributed by atoms with Crippen LogP contribution < -0.4 is 31.8 Å². The third kappa shape index (κ3) is 3.79. The molecule has 32 heavy (non-hydrogen) atoms. The van der Waals surface area contributed by atoms with Gasteiger partial charge in [-0.3, -0.25) is 18.7 Å². The van der Waals surface area contributed by atoms with E-state index < -0.39 is 17.2 Å². The van der Waals surface area contributed by atoms with Gasteiger partial charge < -0.3 is 20.5 Å². The molecule has 0 radical (unpaired) electrons. The molecule has 2 aromatic heterocycles. The monoisotopic (exact) mass is 441 g/mol. The number of nitrogens with zero attached hydrogens (tertiary/aromatic N) is 3. The molecule has 3 aromatic rings. The number of anilines is 1. The third-order valence-corrected chi connectivity index (χ3v) is 5.19. The van der Waals surface area contributed by atoms with Gasteiger partial charge in [-0.05, 0) is 23.6 Å². The van der Waals surface area contributed by atoms with Crippen molar-refractivity contribution in [2.24, 2.45) is 20.0 Å². The summed E-state index contributed by atoms with van der Waals surface area (Å²) in [7, 11) is 5.86. The average molecular weight is 441 g/mol. The predicted octanol–water partition coefficient (Wildman–Crippen LogP) is 1.28. The number of methoxy groups -OCH3 is 2. The Labute approximate surface area is 184 Å². The molecule has 3 rings (SSSR count). The van der Waals surface area contributed by atoms with Crippen LogP contribution in [0.2, 0.25) is 0 Å². The SMILES string of the molecule is COc1ccc(-c2c(C(=O)NCC(C)C)c(N)nc3c2c(=O)n(C)c(=O)n3C)cc1OC. The summed E-state index contributed by atoms with van der Waals surface area (Å²) in [6.45, 7) is 4.33. The van der Waals surface area contributed by atoms with Crippen LogP contribution in [0.15, 0.2) is 27.8 Å². The van der Waals surface area contributed by atoms with E-state index in [1.165, 1.54) is 32.9 Å². The number of aryl methyl sites for hydroxylation is 1. The zero-order valence-electron chi connectivity index (χ0n) is 19.0. The Bertz CT molecular complexity index is 1320. The van der Waals surface area contributed by atoms with E-state index in [4.69, 9.17) is 15.2 Å². The maximum absolute atomic E-state index is 13.2. The molecule has 0 saturated heterocycles. The van der Waals surface area contributed by atoms with Crippen LogP contribution in [0.1, 0.15) is 24.2 Å². The molecule has 170 valence electrons. The minimum atomic E-state index is -0.585. The molecule has 0 unspecified atom stereocenters. The molecule has 10 nitrogen and oxygen atoms in total. The summed E-state index contributed by atoms with van der Waals surface area (Å²) in [4.78, 5) is 43.1. The first-order valence-corrected chi connectivity index (χ1v) is 10.0. The van der Waals surface area contributed by atoms with Crippen LogP contribution in [0.4, 0.5) is 5.82 Å². The second kappa shape index (κ2) is 8.74. The summed E-state index contributed by atoms with van der Waals surface area (Å²) < 4.78 is 12.9. The number of hydrogen-bond acceptors (Lipinski definition) is 7. The Hall–Kier alpha value is -3.82. The van der Waals surface area contributed by atoms with Gasteiger partial charge in [0.25, 0.3) is 11.5 Å². The minimum absolute atomic E-state index is 0.0566. The number of fused-ring (bicyclic) bond motifs is 1. The van der Waals surface area contributed by atoms with Crippen LogP contribution in [0, 0.1) is 5.92 Å². The first-order valence-electron chi connectivity index (χ1n) is 10.0. The summed E-state index contributed by atoms with van der Waals surface area (Å²) in [6, 6.07) is 5.01. The van der Waals surface area contributed by atoms with E-state index in [1.54, 1.807) is 18.2 Å². The zero-order chi connectivity index (χ0) is 23.7. The maximum Gasteiger partial charge on any atom is 0.332 e. The number of pyridine rings is 1. The van der Waals surface area contributed by atoms with Crippen LogP contribution in [0.25, 0.3) is 22.2 Å². The third-order valence-electron chi connectivity index (χ3n) is 5.19. The van der Waals surface area contributed by atoms with Crippen molar-refractivity contribution >= 4 is 22.8 Å². The Morgan fingerprint density at radius 2 is 1.78 bits per heavy atom. The fourth-order valence-corrected chi connectivity index (χ4v) is 3.50. The number of rotatable bonds is 6. The van der Waals surface area contributed by atoms with Gasteiger partial charge in [-0.15, -0.1) is 0 Å². The lowest BCUT2D eigenvalue weighted by Gasteiger charge is -2.18. The van der Waals surface area contributed by atoms with E-state index in [0.29, 0.717) is 23.6 Å². The molecule has 0 atom stereocenters. The van der Waals surface area contributed by atoms with Gasteiger partial charge in [0.1, 0.15) is 5.82 Å². The van der Waals surface area contributed by atoms with E-state index in [2.05, 4.69) is 10.3 Å². The van der Waals surface area contributed by atoms with Crippen molar-refractivity contribution in [3.8, 4) is 22.6 Å². The predicted molar refractivity (Wildman–Crippen MR) is 122 cm³/mol. The molecule has 1 amide bonds. The average Bonchev–Trinajstić information content (AvgIpc) is 2.78. The molecular weight excluding hydrogens is 414 g/mol. The van der Waals surface area contributed by atoms with Crippen LogP contribution in [-0.2, 0) is 14.1 Å². The van der Waals surface area contributed by atoms with E-state index in [-0.39, 0.29) is 33.9 Å². The summed E-state index contributed by atoms with van der Waals surface area (Å²) >= 11 is 0. The highest BCUT2D eigenvalue weighted by molar-refractivity contribution is 6.11. The summed E-state index contributed by atoms with van der Waals surface area (Å²) in [5, 5.41) is 2.94. The molecule has 0 spiro atoms. The van der Waals surface area contributed by atoms with Crippen LogP contribution in [0.5, 0.6) is 11.5 Å². The van der Waals surface area contributed by atoms with Crippen molar-refractivity contribution in [3.63, 3.8) is 0 Å². The number of nitrogens with one attached hydrogen (secondary N) is 1.